The number of fused-ring (bicyclic) bond motifs is 1. The lowest BCUT2D eigenvalue weighted by Gasteiger charge is -2.07. The van der Waals surface area contributed by atoms with Crippen molar-refractivity contribution in [2.45, 2.75) is 19.1 Å². The molecule has 1 N–H and O–H groups in total. The Hall–Kier alpha value is -1.35. The molecule has 0 aromatic heterocycles. The Balaban J connectivity index is 1.87. The monoisotopic (exact) mass is 202 g/mol. The van der Waals surface area contributed by atoms with Crippen LogP contribution in [0.4, 0.5) is 0 Å². The number of hydrogen-bond acceptors (Lipinski definition) is 3. The number of nitrogens with zero attached hydrogens (tertiary/aromatic N) is 1. The highest BCUT2D eigenvalue weighted by Gasteiger charge is 2.35. The normalized spacial score (nSPS) is 28.5. The van der Waals surface area contributed by atoms with Gasteiger partial charge in [0.25, 0.3) is 0 Å². The van der Waals surface area contributed by atoms with E-state index in [2.05, 4.69) is 41.5 Å². The van der Waals surface area contributed by atoms with Crippen molar-refractivity contribution in [1.82, 2.24) is 5.32 Å². The van der Waals surface area contributed by atoms with Gasteiger partial charge in [-0.05, 0) is 19.1 Å². The predicted octanol–water partition coefficient (Wildman–Crippen LogP) is 1.11. The number of aliphatic imine (C=N–C) groups is 1. The Morgan fingerprint density at radius 2 is 2.07 bits per heavy atom. The van der Waals surface area contributed by atoms with Crippen molar-refractivity contribution in [3.05, 3.63) is 35.4 Å². The minimum absolute atomic E-state index is 0.251. The quantitative estimate of drug-likeness (QED) is 0.740. The summed E-state index contributed by atoms with van der Waals surface area (Å²) in [7, 11) is 0. The summed E-state index contributed by atoms with van der Waals surface area (Å²) in [6.45, 7) is 3.95. The van der Waals surface area contributed by atoms with E-state index >= 15 is 0 Å². The third kappa shape index (κ3) is 1.53. The van der Waals surface area contributed by atoms with Crippen molar-refractivity contribution in [3.63, 3.8) is 0 Å². The third-order valence-corrected chi connectivity index (χ3v) is 2.97. The van der Waals surface area contributed by atoms with Crippen LogP contribution in [0.15, 0.2) is 29.3 Å². The molecule has 3 heteroatoms. The van der Waals surface area contributed by atoms with Crippen LogP contribution < -0.4 is 5.32 Å². The Kier molecular flexibility index (Phi) is 1.99. The SMILES string of the molecule is Cc1ccc(C2=NC3CNCC3O2)cc1. The first kappa shape index (κ1) is 8.92. The maximum atomic E-state index is 5.80. The van der Waals surface area contributed by atoms with Crippen LogP contribution in [0.25, 0.3) is 0 Å². The minimum atomic E-state index is 0.251. The summed E-state index contributed by atoms with van der Waals surface area (Å²) < 4.78 is 5.80. The van der Waals surface area contributed by atoms with Gasteiger partial charge < -0.3 is 10.1 Å². The number of aryl methyl sites for hydroxylation is 1. The zero-order chi connectivity index (χ0) is 10.3. The van der Waals surface area contributed by atoms with Gasteiger partial charge in [0.05, 0.1) is 0 Å². The zero-order valence-corrected chi connectivity index (χ0v) is 8.73. The van der Waals surface area contributed by atoms with Gasteiger partial charge in [-0.2, -0.15) is 0 Å². The molecule has 1 aromatic rings. The summed E-state index contributed by atoms with van der Waals surface area (Å²) in [6.07, 6.45) is 0.251. The Labute approximate surface area is 89.2 Å². The molecule has 1 aromatic carbocycles. The molecule has 1 saturated heterocycles. The lowest BCUT2D eigenvalue weighted by Crippen LogP contribution is -2.20. The van der Waals surface area contributed by atoms with Crippen LogP contribution in [0.1, 0.15) is 11.1 Å². The molecule has 2 aliphatic rings. The Bertz CT molecular complexity index is 397. The van der Waals surface area contributed by atoms with E-state index in [1.165, 1.54) is 5.56 Å². The summed E-state index contributed by atoms with van der Waals surface area (Å²) in [5, 5.41) is 3.27. The van der Waals surface area contributed by atoms with E-state index in [0.29, 0.717) is 6.04 Å². The van der Waals surface area contributed by atoms with Crippen molar-refractivity contribution in [2.75, 3.05) is 13.1 Å². The van der Waals surface area contributed by atoms with E-state index in [-0.39, 0.29) is 6.10 Å². The largest absolute Gasteiger partial charge is 0.470 e. The second-order valence-electron chi connectivity index (χ2n) is 4.18. The number of benzene rings is 1. The highest BCUT2D eigenvalue weighted by atomic mass is 16.5. The first-order valence-electron chi connectivity index (χ1n) is 5.35. The summed E-state index contributed by atoms with van der Waals surface area (Å²) in [6, 6.07) is 8.65. The van der Waals surface area contributed by atoms with Crippen LogP contribution in [-0.4, -0.2) is 31.1 Å². The van der Waals surface area contributed by atoms with E-state index in [9.17, 15) is 0 Å². The average Bonchev–Trinajstić information content (AvgIpc) is 2.78. The average molecular weight is 202 g/mol. The number of ether oxygens (including phenoxy) is 1. The van der Waals surface area contributed by atoms with Gasteiger partial charge in [0.1, 0.15) is 12.1 Å². The third-order valence-electron chi connectivity index (χ3n) is 2.97. The molecule has 0 bridgehead atoms. The van der Waals surface area contributed by atoms with Gasteiger partial charge >= 0.3 is 0 Å². The summed E-state index contributed by atoms with van der Waals surface area (Å²) >= 11 is 0. The smallest absolute Gasteiger partial charge is 0.216 e. The maximum Gasteiger partial charge on any atom is 0.216 e. The van der Waals surface area contributed by atoms with Gasteiger partial charge in [-0.3, -0.25) is 0 Å². The van der Waals surface area contributed by atoms with Crippen molar-refractivity contribution in [2.24, 2.45) is 4.99 Å². The zero-order valence-electron chi connectivity index (χ0n) is 8.73. The van der Waals surface area contributed by atoms with Crippen molar-refractivity contribution < 1.29 is 4.74 Å². The highest BCUT2D eigenvalue weighted by molar-refractivity contribution is 5.95. The van der Waals surface area contributed by atoms with Crippen LogP contribution in [0.5, 0.6) is 0 Å². The molecule has 1 fully saturated rings. The first-order chi connectivity index (χ1) is 7.33. The first-order valence-corrected chi connectivity index (χ1v) is 5.35. The van der Waals surface area contributed by atoms with Crippen LogP contribution in [-0.2, 0) is 4.74 Å². The molecule has 2 aliphatic heterocycles. The van der Waals surface area contributed by atoms with Crippen LogP contribution in [0, 0.1) is 6.92 Å². The van der Waals surface area contributed by atoms with Crippen molar-refractivity contribution >= 4 is 5.90 Å². The molecular weight excluding hydrogens is 188 g/mol. The molecule has 0 amide bonds. The lowest BCUT2D eigenvalue weighted by atomic mass is 10.1. The molecule has 0 radical (unpaired) electrons. The van der Waals surface area contributed by atoms with Crippen molar-refractivity contribution in [1.29, 1.82) is 0 Å². The molecule has 15 heavy (non-hydrogen) atoms. The molecule has 3 nitrogen and oxygen atoms in total. The molecule has 0 aliphatic carbocycles. The molecule has 2 unspecified atom stereocenters. The van der Waals surface area contributed by atoms with E-state index in [0.717, 1.165) is 24.6 Å². The minimum Gasteiger partial charge on any atom is -0.470 e. The predicted molar refractivity (Wildman–Crippen MR) is 59.2 cm³/mol. The molecule has 2 heterocycles. The van der Waals surface area contributed by atoms with Crippen LogP contribution in [0.2, 0.25) is 0 Å². The van der Waals surface area contributed by atoms with E-state index in [1.807, 2.05) is 0 Å². The summed E-state index contributed by atoms with van der Waals surface area (Å²) in [5.74, 6) is 0.812. The molecule has 0 saturated carbocycles. The van der Waals surface area contributed by atoms with E-state index in [1.54, 1.807) is 0 Å². The fraction of sp³-hybridized carbons (Fsp3) is 0.417. The molecule has 3 rings (SSSR count). The van der Waals surface area contributed by atoms with Crippen LogP contribution >= 0.6 is 0 Å². The maximum absolute atomic E-state index is 5.80. The summed E-state index contributed by atoms with van der Waals surface area (Å²) in [5.41, 5.74) is 2.36. The Morgan fingerprint density at radius 1 is 1.27 bits per heavy atom. The van der Waals surface area contributed by atoms with Gasteiger partial charge in [0.15, 0.2) is 0 Å². The molecular formula is C12H14N2O. The number of rotatable bonds is 1. The van der Waals surface area contributed by atoms with Gasteiger partial charge in [-0.1, -0.05) is 17.7 Å². The fourth-order valence-electron chi connectivity index (χ4n) is 2.05. The van der Waals surface area contributed by atoms with Crippen molar-refractivity contribution in [3.8, 4) is 0 Å². The molecule has 78 valence electrons. The van der Waals surface area contributed by atoms with Gasteiger partial charge in [-0.15, -0.1) is 0 Å². The molecule has 2 atom stereocenters. The topological polar surface area (TPSA) is 33.6 Å². The van der Waals surface area contributed by atoms with Gasteiger partial charge in [-0.25, -0.2) is 4.99 Å². The number of nitrogens with one attached hydrogen (secondary N) is 1. The molecule has 0 spiro atoms. The van der Waals surface area contributed by atoms with E-state index in [4.69, 9.17) is 4.74 Å². The fourth-order valence-corrected chi connectivity index (χ4v) is 2.05. The number of hydrogen-bond donors (Lipinski definition) is 1. The standard InChI is InChI=1S/C12H14N2O/c1-8-2-4-9(5-3-8)12-14-10-6-13-7-11(10)15-12/h2-5,10-11,13H,6-7H2,1H3. The second kappa shape index (κ2) is 3.35. The van der Waals surface area contributed by atoms with Gasteiger partial charge in [0, 0.05) is 18.7 Å². The van der Waals surface area contributed by atoms with E-state index < -0.39 is 0 Å². The highest BCUT2D eigenvalue weighted by Crippen LogP contribution is 2.20. The summed E-state index contributed by atoms with van der Waals surface area (Å²) in [4.78, 5) is 4.58. The van der Waals surface area contributed by atoms with Gasteiger partial charge in [0.2, 0.25) is 5.90 Å². The lowest BCUT2D eigenvalue weighted by molar-refractivity contribution is 0.225. The van der Waals surface area contributed by atoms with Crippen LogP contribution in [0.3, 0.4) is 0 Å². The Morgan fingerprint density at radius 3 is 2.80 bits per heavy atom. The second-order valence-corrected chi connectivity index (χ2v) is 4.18.